The van der Waals surface area contributed by atoms with Crippen molar-refractivity contribution in [3.05, 3.63) is 0 Å². The Kier molecular flexibility index (Phi) is 2.77. The summed E-state index contributed by atoms with van der Waals surface area (Å²) in [6.07, 6.45) is 3.70. The van der Waals surface area contributed by atoms with E-state index in [1.54, 1.807) is 0 Å². The molecule has 0 amide bonds. The molecule has 2 rings (SSSR count). The van der Waals surface area contributed by atoms with Crippen LogP contribution in [0.15, 0.2) is 0 Å². The third-order valence-corrected chi connectivity index (χ3v) is 2.93. The van der Waals surface area contributed by atoms with Crippen LogP contribution in [0.3, 0.4) is 0 Å². The van der Waals surface area contributed by atoms with Crippen LogP contribution in [0.4, 0.5) is 11.9 Å². The molecule has 0 spiro atoms. The van der Waals surface area contributed by atoms with Crippen molar-refractivity contribution >= 4 is 11.9 Å². The van der Waals surface area contributed by atoms with E-state index < -0.39 is 0 Å². The van der Waals surface area contributed by atoms with Crippen molar-refractivity contribution in [2.75, 3.05) is 11.2 Å². The third kappa shape index (κ3) is 2.20. The lowest BCUT2D eigenvalue weighted by atomic mass is 10.00. The second-order valence-electron chi connectivity index (χ2n) is 4.19. The van der Waals surface area contributed by atoms with E-state index in [-0.39, 0.29) is 0 Å². The molecule has 1 aliphatic rings. The van der Waals surface area contributed by atoms with Gasteiger partial charge in [-0.15, -0.1) is 5.10 Å². The number of nitrogens with two attached hydrogens (primary N) is 1. The maximum Gasteiger partial charge on any atom is 0.258 e. The number of H-pyrrole nitrogens is 1. The van der Waals surface area contributed by atoms with Gasteiger partial charge in [0.1, 0.15) is 0 Å². The van der Waals surface area contributed by atoms with Gasteiger partial charge in [-0.3, -0.25) is 5.43 Å². The number of aromatic nitrogens is 3. The molecule has 0 aromatic carbocycles. The maximum atomic E-state index is 5.47. The van der Waals surface area contributed by atoms with Crippen LogP contribution in [-0.2, 0) is 0 Å². The predicted octanol–water partition coefficient (Wildman–Crippen LogP) is 0.977. The monoisotopic (exact) mass is 210 g/mol. The van der Waals surface area contributed by atoms with Crippen molar-refractivity contribution in [3.63, 3.8) is 0 Å². The fraction of sp³-hybridized carbons (Fsp3) is 0.778. The molecule has 0 radical (unpaired) electrons. The minimum absolute atomic E-state index is 0.342. The first-order valence-electron chi connectivity index (χ1n) is 5.39. The lowest BCUT2D eigenvalue weighted by Crippen LogP contribution is -2.47. The largest absolute Gasteiger partial charge is 0.368 e. The van der Waals surface area contributed by atoms with E-state index in [1.165, 1.54) is 19.3 Å². The quantitative estimate of drug-likeness (QED) is 0.677. The van der Waals surface area contributed by atoms with Crippen LogP contribution in [0.5, 0.6) is 0 Å². The van der Waals surface area contributed by atoms with Crippen LogP contribution >= 0.6 is 0 Å². The normalized spacial score (nSPS) is 27.9. The van der Waals surface area contributed by atoms with Gasteiger partial charge in [0.2, 0.25) is 5.95 Å². The molecule has 1 saturated heterocycles. The molecule has 1 aromatic heterocycles. The van der Waals surface area contributed by atoms with Gasteiger partial charge in [0.15, 0.2) is 0 Å². The van der Waals surface area contributed by atoms with Crippen molar-refractivity contribution in [1.29, 1.82) is 0 Å². The number of rotatable bonds is 2. The Balaban J connectivity index is 2.03. The summed E-state index contributed by atoms with van der Waals surface area (Å²) in [5.41, 5.74) is 8.67. The minimum atomic E-state index is 0.342. The Hall–Kier alpha value is -1.30. The molecule has 0 saturated carbocycles. The molecule has 6 heteroatoms. The molecule has 2 atom stereocenters. The molecular weight excluding hydrogens is 192 g/mol. The number of nitrogen functional groups attached to an aromatic ring is 1. The summed E-state index contributed by atoms with van der Waals surface area (Å²) in [5, 5.41) is 8.78. The molecule has 0 aliphatic carbocycles. The SMILES string of the molecule is CC1CCCC(C)N1Nc1n[nH]c(N)n1. The highest BCUT2D eigenvalue weighted by Gasteiger charge is 2.25. The van der Waals surface area contributed by atoms with Crippen LogP contribution in [-0.4, -0.2) is 32.3 Å². The molecule has 84 valence electrons. The zero-order chi connectivity index (χ0) is 10.8. The highest BCUT2D eigenvalue weighted by atomic mass is 15.6. The van der Waals surface area contributed by atoms with E-state index in [1.807, 2.05) is 0 Å². The highest BCUT2D eigenvalue weighted by molar-refractivity contribution is 5.28. The standard InChI is InChI=1S/C9H18N6/c1-6-4-3-5-7(2)15(6)14-9-11-8(10)12-13-9/h6-7H,3-5H2,1-2H3,(H4,10,11,12,13,14). The zero-order valence-electron chi connectivity index (χ0n) is 9.20. The Morgan fingerprint density at radius 3 is 2.60 bits per heavy atom. The molecule has 15 heavy (non-hydrogen) atoms. The van der Waals surface area contributed by atoms with Gasteiger partial charge in [-0.25, -0.2) is 10.1 Å². The topological polar surface area (TPSA) is 82.9 Å². The first-order valence-corrected chi connectivity index (χ1v) is 5.39. The predicted molar refractivity (Wildman–Crippen MR) is 59.0 cm³/mol. The first kappa shape index (κ1) is 10.2. The number of aromatic amines is 1. The molecular formula is C9H18N6. The fourth-order valence-electron chi connectivity index (χ4n) is 2.08. The summed E-state index contributed by atoms with van der Waals surface area (Å²) in [6.45, 7) is 4.41. The van der Waals surface area contributed by atoms with E-state index in [4.69, 9.17) is 5.73 Å². The molecule has 2 heterocycles. The van der Waals surface area contributed by atoms with Gasteiger partial charge < -0.3 is 5.73 Å². The van der Waals surface area contributed by atoms with Crippen molar-refractivity contribution in [1.82, 2.24) is 20.2 Å². The lowest BCUT2D eigenvalue weighted by molar-refractivity contribution is 0.134. The number of hydrogen-bond acceptors (Lipinski definition) is 5. The number of nitrogens with one attached hydrogen (secondary N) is 2. The third-order valence-electron chi connectivity index (χ3n) is 2.93. The highest BCUT2D eigenvalue weighted by Crippen LogP contribution is 2.22. The van der Waals surface area contributed by atoms with Crippen LogP contribution in [0.1, 0.15) is 33.1 Å². The van der Waals surface area contributed by atoms with E-state index >= 15 is 0 Å². The van der Waals surface area contributed by atoms with Crippen molar-refractivity contribution in [2.24, 2.45) is 0 Å². The minimum Gasteiger partial charge on any atom is -0.368 e. The summed E-state index contributed by atoms with van der Waals surface area (Å²) < 4.78 is 0. The Labute approximate surface area is 89.2 Å². The molecule has 1 aromatic rings. The second kappa shape index (κ2) is 4.06. The number of hydrogen-bond donors (Lipinski definition) is 3. The Morgan fingerprint density at radius 2 is 2.07 bits per heavy atom. The summed E-state index contributed by atoms with van der Waals surface area (Å²) in [6, 6.07) is 1.02. The van der Waals surface area contributed by atoms with Crippen LogP contribution in [0.2, 0.25) is 0 Å². The number of anilines is 2. The molecule has 1 aliphatic heterocycles. The van der Waals surface area contributed by atoms with E-state index in [9.17, 15) is 0 Å². The first-order chi connectivity index (χ1) is 7.16. The van der Waals surface area contributed by atoms with Gasteiger partial charge >= 0.3 is 0 Å². The smallest absolute Gasteiger partial charge is 0.258 e. The maximum absolute atomic E-state index is 5.47. The van der Waals surface area contributed by atoms with Gasteiger partial charge in [0.05, 0.1) is 0 Å². The van der Waals surface area contributed by atoms with Crippen LogP contribution in [0, 0.1) is 0 Å². The molecule has 4 N–H and O–H groups in total. The Bertz CT molecular complexity index is 312. The van der Waals surface area contributed by atoms with E-state index in [0.717, 1.165) is 0 Å². The number of piperidine rings is 1. The molecule has 0 bridgehead atoms. The van der Waals surface area contributed by atoms with Crippen molar-refractivity contribution < 1.29 is 0 Å². The second-order valence-corrected chi connectivity index (χ2v) is 4.19. The summed E-state index contributed by atoms with van der Waals surface area (Å²) in [5.74, 6) is 0.892. The van der Waals surface area contributed by atoms with Gasteiger partial charge in [0.25, 0.3) is 5.95 Å². The van der Waals surface area contributed by atoms with E-state index in [2.05, 4.69) is 39.5 Å². The fourth-order valence-corrected chi connectivity index (χ4v) is 2.08. The van der Waals surface area contributed by atoms with Crippen LogP contribution < -0.4 is 11.2 Å². The number of hydrazine groups is 1. The van der Waals surface area contributed by atoms with E-state index in [0.29, 0.717) is 24.0 Å². The van der Waals surface area contributed by atoms with Gasteiger partial charge in [-0.1, -0.05) is 6.42 Å². The average Bonchev–Trinajstić information content (AvgIpc) is 2.58. The zero-order valence-corrected chi connectivity index (χ0v) is 9.20. The van der Waals surface area contributed by atoms with Crippen molar-refractivity contribution in [2.45, 2.75) is 45.2 Å². The summed E-state index contributed by atoms with van der Waals surface area (Å²) >= 11 is 0. The van der Waals surface area contributed by atoms with Crippen molar-refractivity contribution in [3.8, 4) is 0 Å². The summed E-state index contributed by atoms with van der Waals surface area (Å²) in [7, 11) is 0. The van der Waals surface area contributed by atoms with Gasteiger partial charge in [-0.2, -0.15) is 4.98 Å². The molecule has 1 fully saturated rings. The Morgan fingerprint density at radius 1 is 1.40 bits per heavy atom. The van der Waals surface area contributed by atoms with Gasteiger partial charge in [0, 0.05) is 12.1 Å². The number of nitrogens with zero attached hydrogens (tertiary/aromatic N) is 3. The molecule has 6 nitrogen and oxygen atoms in total. The van der Waals surface area contributed by atoms with Crippen LogP contribution in [0.25, 0.3) is 0 Å². The summed E-state index contributed by atoms with van der Waals surface area (Å²) in [4.78, 5) is 4.03. The molecule has 2 unspecified atom stereocenters. The van der Waals surface area contributed by atoms with Gasteiger partial charge in [-0.05, 0) is 26.7 Å². The lowest BCUT2D eigenvalue weighted by Gasteiger charge is -2.38. The average molecular weight is 210 g/mol.